The highest BCUT2D eigenvalue weighted by Crippen LogP contribution is 2.29. The van der Waals surface area contributed by atoms with Gasteiger partial charge in [0.1, 0.15) is 12.6 Å². The van der Waals surface area contributed by atoms with Gasteiger partial charge in [-0.3, -0.25) is 13.9 Å². The van der Waals surface area contributed by atoms with E-state index in [0.29, 0.717) is 26.9 Å². The Kier molecular flexibility index (Phi) is 9.93. The van der Waals surface area contributed by atoms with Crippen molar-refractivity contribution in [1.29, 1.82) is 0 Å². The van der Waals surface area contributed by atoms with Crippen molar-refractivity contribution in [3.8, 4) is 0 Å². The Bertz CT molecular complexity index is 1490. The average molecular weight is 605 g/mol. The molecule has 0 aliphatic carbocycles. The maximum atomic E-state index is 14.0. The largest absolute Gasteiger partial charge is 0.350 e. The van der Waals surface area contributed by atoms with Crippen LogP contribution >= 0.6 is 23.2 Å². The highest BCUT2D eigenvalue weighted by atomic mass is 35.5. The first-order valence-corrected chi connectivity index (χ1v) is 15.0. The number of hydrogen-bond acceptors (Lipinski definition) is 4. The fourth-order valence-corrected chi connectivity index (χ4v) is 6.18. The van der Waals surface area contributed by atoms with Crippen molar-refractivity contribution in [3.05, 3.63) is 93.5 Å². The normalized spacial score (nSPS) is 12.5. The first-order valence-electron chi connectivity index (χ1n) is 12.8. The summed E-state index contributed by atoms with van der Waals surface area (Å²) < 4.78 is 28.9. The van der Waals surface area contributed by atoms with Gasteiger partial charge in [-0.1, -0.05) is 65.2 Å². The van der Waals surface area contributed by atoms with Crippen LogP contribution in [0, 0.1) is 13.8 Å². The van der Waals surface area contributed by atoms with E-state index in [1.807, 2.05) is 33.8 Å². The Morgan fingerprint density at radius 2 is 1.60 bits per heavy atom. The standard InChI is InChI=1S/C30H35Cl2N3O4S/c1-20-12-15-27(21(2)16-20)35(40(38,39)25-10-8-7-9-11-25)19-28(36)34(22(3)29(37)33-30(4,5)6)18-23-13-14-24(31)17-26(23)32/h7-17,22H,18-19H2,1-6H3,(H,33,37)/t22-/m0/s1. The number of anilines is 1. The predicted octanol–water partition coefficient (Wildman–Crippen LogP) is 6.14. The van der Waals surface area contributed by atoms with Gasteiger partial charge in [0.15, 0.2) is 0 Å². The predicted molar refractivity (Wildman–Crippen MR) is 161 cm³/mol. The summed E-state index contributed by atoms with van der Waals surface area (Å²) in [7, 11) is -4.14. The van der Waals surface area contributed by atoms with E-state index in [4.69, 9.17) is 23.2 Å². The summed E-state index contributed by atoms with van der Waals surface area (Å²) in [6.07, 6.45) is 0. The van der Waals surface area contributed by atoms with Gasteiger partial charge >= 0.3 is 0 Å². The van der Waals surface area contributed by atoms with Crippen LogP contribution < -0.4 is 9.62 Å². The highest BCUT2D eigenvalue weighted by Gasteiger charge is 2.34. The van der Waals surface area contributed by atoms with Crippen molar-refractivity contribution in [2.24, 2.45) is 0 Å². The molecule has 2 amide bonds. The molecule has 10 heteroatoms. The second-order valence-electron chi connectivity index (χ2n) is 10.8. The molecular weight excluding hydrogens is 569 g/mol. The van der Waals surface area contributed by atoms with E-state index >= 15 is 0 Å². The molecule has 40 heavy (non-hydrogen) atoms. The van der Waals surface area contributed by atoms with Crippen molar-refractivity contribution in [2.75, 3.05) is 10.8 Å². The van der Waals surface area contributed by atoms with Crippen LogP contribution in [-0.2, 0) is 26.2 Å². The van der Waals surface area contributed by atoms with E-state index in [1.165, 1.54) is 17.0 Å². The molecule has 0 saturated heterocycles. The molecule has 1 N–H and O–H groups in total. The van der Waals surface area contributed by atoms with E-state index in [-0.39, 0.29) is 17.3 Å². The molecule has 0 aliphatic heterocycles. The molecule has 0 spiro atoms. The molecule has 0 aliphatic rings. The van der Waals surface area contributed by atoms with Crippen LogP contribution in [-0.4, -0.2) is 43.3 Å². The molecule has 3 rings (SSSR count). The molecule has 0 saturated carbocycles. The van der Waals surface area contributed by atoms with Crippen LogP contribution in [0.2, 0.25) is 10.0 Å². The zero-order valence-electron chi connectivity index (χ0n) is 23.5. The number of rotatable bonds is 9. The van der Waals surface area contributed by atoms with Crippen molar-refractivity contribution in [1.82, 2.24) is 10.2 Å². The van der Waals surface area contributed by atoms with Crippen LogP contribution in [0.4, 0.5) is 5.69 Å². The van der Waals surface area contributed by atoms with Gasteiger partial charge in [-0.15, -0.1) is 0 Å². The third-order valence-electron chi connectivity index (χ3n) is 6.25. The number of carbonyl (C=O) groups excluding carboxylic acids is 2. The van der Waals surface area contributed by atoms with Crippen LogP contribution in [0.25, 0.3) is 0 Å². The summed E-state index contributed by atoms with van der Waals surface area (Å²) in [5, 5.41) is 3.66. The zero-order valence-corrected chi connectivity index (χ0v) is 25.9. The second-order valence-corrected chi connectivity index (χ2v) is 13.5. The van der Waals surface area contributed by atoms with E-state index in [1.54, 1.807) is 62.4 Å². The summed E-state index contributed by atoms with van der Waals surface area (Å²) in [4.78, 5) is 28.6. The minimum atomic E-state index is -4.14. The number of nitrogens with zero attached hydrogens (tertiary/aromatic N) is 2. The highest BCUT2D eigenvalue weighted by molar-refractivity contribution is 7.92. The lowest BCUT2D eigenvalue weighted by Gasteiger charge is -2.34. The number of hydrogen-bond donors (Lipinski definition) is 1. The van der Waals surface area contributed by atoms with Crippen molar-refractivity contribution >= 4 is 50.7 Å². The summed E-state index contributed by atoms with van der Waals surface area (Å²) in [5.74, 6) is -0.947. The van der Waals surface area contributed by atoms with E-state index in [9.17, 15) is 18.0 Å². The number of sulfonamides is 1. The van der Waals surface area contributed by atoms with Crippen LogP contribution in [0.3, 0.4) is 0 Å². The molecule has 0 aromatic heterocycles. The third kappa shape index (κ3) is 7.77. The lowest BCUT2D eigenvalue weighted by atomic mass is 10.1. The Hall–Kier alpha value is -3.07. The number of amides is 2. The maximum absolute atomic E-state index is 14.0. The zero-order chi connectivity index (χ0) is 29.8. The van der Waals surface area contributed by atoms with Gasteiger partial charge in [0.05, 0.1) is 10.6 Å². The lowest BCUT2D eigenvalue weighted by molar-refractivity contribution is -0.140. The number of benzene rings is 3. The number of halogens is 2. The van der Waals surface area contributed by atoms with E-state index in [2.05, 4.69) is 5.32 Å². The summed E-state index contributed by atoms with van der Waals surface area (Å²) in [5.41, 5.74) is 2.05. The molecule has 3 aromatic rings. The maximum Gasteiger partial charge on any atom is 0.264 e. The molecule has 3 aromatic carbocycles. The molecule has 0 radical (unpaired) electrons. The van der Waals surface area contributed by atoms with Crippen LogP contribution in [0.5, 0.6) is 0 Å². The van der Waals surface area contributed by atoms with Gasteiger partial charge in [-0.2, -0.15) is 0 Å². The van der Waals surface area contributed by atoms with Crippen molar-refractivity contribution < 1.29 is 18.0 Å². The lowest BCUT2D eigenvalue weighted by Crippen LogP contribution is -2.54. The summed E-state index contributed by atoms with van der Waals surface area (Å²) in [6, 6.07) is 17.3. The molecule has 7 nitrogen and oxygen atoms in total. The summed E-state index contributed by atoms with van der Waals surface area (Å²) >= 11 is 12.5. The third-order valence-corrected chi connectivity index (χ3v) is 8.61. The molecule has 0 unspecified atom stereocenters. The fourth-order valence-electron chi connectivity index (χ4n) is 4.21. The van der Waals surface area contributed by atoms with Crippen LogP contribution in [0.15, 0.2) is 71.6 Å². The molecule has 214 valence electrons. The topological polar surface area (TPSA) is 86.8 Å². The number of carbonyl (C=O) groups is 2. The fraction of sp³-hybridized carbons (Fsp3) is 0.333. The first kappa shape index (κ1) is 31.5. The van der Waals surface area contributed by atoms with Gasteiger partial charge in [0, 0.05) is 22.1 Å². The molecular formula is C30H35Cl2N3O4S. The Labute approximate surface area is 247 Å². The van der Waals surface area contributed by atoms with Crippen molar-refractivity contribution in [2.45, 2.75) is 64.6 Å². The molecule has 0 bridgehead atoms. The quantitative estimate of drug-likeness (QED) is 0.318. The smallest absolute Gasteiger partial charge is 0.264 e. The first-order chi connectivity index (χ1) is 18.6. The number of aryl methyl sites for hydroxylation is 2. The summed E-state index contributed by atoms with van der Waals surface area (Å²) in [6.45, 7) is 10.3. The van der Waals surface area contributed by atoms with Gasteiger partial charge < -0.3 is 10.2 Å². The minimum absolute atomic E-state index is 0.0281. The second kappa shape index (κ2) is 12.6. The van der Waals surface area contributed by atoms with Gasteiger partial charge in [0.2, 0.25) is 11.8 Å². The van der Waals surface area contributed by atoms with Gasteiger partial charge in [0.25, 0.3) is 10.0 Å². The average Bonchev–Trinajstić information content (AvgIpc) is 2.86. The minimum Gasteiger partial charge on any atom is -0.350 e. The number of nitrogens with one attached hydrogen (secondary N) is 1. The SMILES string of the molecule is Cc1ccc(N(CC(=O)N(Cc2ccc(Cl)cc2Cl)[C@@H](C)C(=O)NC(C)(C)C)S(=O)(=O)c2ccccc2)c(C)c1. The Balaban J connectivity index is 2.08. The molecule has 0 fully saturated rings. The Morgan fingerprint density at radius 3 is 2.17 bits per heavy atom. The molecule has 1 atom stereocenters. The Morgan fingerprint density at radius 1 is 0.950 bits per heavy atom. The van der Waals surface area contributed by atoms with E-state index in [0.717, 1.165) is 9.87 Å². The van der Waals surface area contributed by atoms with Gasteiger partial charge in [-0.05, 0) is 83.0 Å². The molecule has 0 heterocycles. The monoisotopic (exact) mass is 603 g/mol. The van der Waals surface area contributed by atoms with Crippen molar-refractivity contribution in [3.63, 3.8) is 0 Å². The van der Waals surface area contributed by atoms with Gasteiger partial charge in [-0.25, -0.2) is 8.42 Å². The van der Waals surface area contributed by atoms with E-state index < -0.39 is 34.1 Å². The van der Waals surface area contributed by atoms with Crippen LogP contribution in [0.1, 0.15) is 44.4 Å².